The quantitative estimate of drug-likeness (QED) is 0.654. The number of carbonyl (C=O) groups is 1. The summed E-state index contributed by atoms with van der Waals surface area (Å²) < 4.78 is 39.3. The SMILES string of the molecule is O=C(c1ccccc1)N1CCN(c2nc3cc(C(F)(F)F)ccc3s2)CC1. The summed E-state index contributed by atoms with van der Waals surface area (Å²) >= 11 is 1.37. The number of halogens is 3. The summed E-state index contributed by atoms with van der Waals surface area (Å²) in [5, 5.41) is 0.691. The molecule has 4 nitrogen and oxygen atoms in total. The average molecular weight is 391 g/mol. The standard InChI is InChI=1S/C19H16F3N3OS/c20-19(21,22)14-6-7-16-15(12-14)23-18(27-16)25-10-8-24(9-11-25)17(26)13-4-2-1-3-5-13/h1-7,12H,8-11H2. The number of amides is 1. The van der Waals surface area contributed by atoms with Gasteiger partial charge in [-0.1, -0.05) is 29.5 Å². The lowest BCUT2D eigenvalue weighted by Gasteiger charge is -2.34. The Morgan fingerprint density at radius 1 is 1.00 bits per heavy atom. The van der Waals surface area contributed by atoms with Crippen molar-refractivity contribution in [3.8, 4) is 0 Å². The van der Waals surface area contributed by atoms with Crippen LogP contribution in [0.1, 0.15) is 15.9 Å². The Morgan fingerprint density at radius 3 is 2.37 bits per heavy atom. The van der Waals surface area contributed by atoms with Gasteiger partial charge in [0.2, 0.25) is 0 Å². The number of anilines is 1. The maximum absolute atomic E-state index is 12.9. The number of hydrogen-bond donors (Lipinski definition) is 0. The van der Waals surface area contributed by atoms with Crippen LogP contribution >= 0.6 is 11.3 Å². The van der Waals surface area contributed by atoms with Crippen LogP contribution in [0.25, 0.3) is 10.2 Å². The van der Waals surface area contributed by atoms with E-state index in [1.54, 1.807) is 17.0 Å². The van der Waals surface area contributed by atoms with Crippen molar-refractivity contribution in [1.29, 1.82) is 0 Å². The van der Waals surface area contributed by atoms with E-state index in [4.69, 9.17) is 0 Å². The van der Waals surface area contributed by atoms with E-state index in [1.807, 2.05) is 23.1 Å². The second kappa shape index (κ2) is 6.84. The highest BCUT2D eigenvalue weighted by molar-refractivity contribution is 7.22. The van der Waals surface area contributed by atoms with Gasteiger partial charge in [-0.2, -0.15) is 13.2 Å². The molecule has 0 unspecified atom stereocenters. The Bertz CT molecular complexity index is 963. The van der Waals surface area contributed by atoms with Gasteiger partial charge in [0.1, 0.15) is 0 Å². The first-order valence-corrected chi connectivity index (χ1v) is 9.30. The lowest BCUT2D eigenvalue weighted by Crippen LogP contribution is -2.48. The fourth-order valence-corrected chi connectivity index (χ4v) is 4.09. The van der Waals surface area contributed by atoms with Crippen LogP contribution < -0.4 is 4.90 Å². The van der Waals surface area contributed by atoms with Crippen LogP contribution in [0.2, 0.25) is 0 Å². The fraction of sp³-hybridized carbons (Fsp3) is 0.263. The third-order valence-electron chi connectivity index (χ3n) is 4.56. The van der Waals surface area contributed by atoms with Gasteiger partial charge in [-0.3, -0.25) is 4.79 Å². The van der Waals surface area contributed by atoms with Crippen LogP contribution in [-0.4, -0.2) is 42.0 Å². The van der Waals surface area contributed by atoms with E-state index < -0.39 is 11.7 Å². The number of rotatable bonds is 2. The molecular formula is C19H16F3N3OS. The van der Waals surface area contributed by atoms with Gasteiger partial charge in [-0.15, -0.1) is 0 Å². The first-order chi connectivity index (χ1) is 12.9. The van der Waals surface area contributed by atoms with E-state index in [2.05, 4.69) is 4.98 Å². The van der Waals surface area contributed by atoms with E-state index >= 15 is 0 Å². The first-order valence-electron chi connectivity index (χ1n) is 8.49. The maximum atomic E-state index is 12.9. The molecule has 0 N–H and O–H groups in total. The Kier molecular flexibility index (Phi) is 4.51. The Morgan fingerprint density at radius 2 is 1.70 bits per heavy atom. The van der Waals surface area contributed by atoms with Gasteiger partial charge < -0.3 is 9.80 Å². The van der Waals surface area contributed by atoms with Crippen LogP contribution in [-0.2, 0) is 6.18 Å². The van der Waals surface area contributed by atoms with Crippen LogP contribution in [0.5, 0.6) is 0 Å². The number of carbonyl (C=O) groups excluding carboxylic acids is 1. The number of aromatic nitrogens is 1. The normalized spacial score (nSPS) is 15.4. The molecule has 0 atom stereocenters. The highest BCUT2D eigenvalue weighted by atomic mass is 32.1. The average Bonchev–Trinajstić information content (AvgIpc) is 3.11. The molecule has 27 heavy (non-hydrogen) atoms. The fourth-order valence-electron chi connectivity index (χ4n) is 3.09. The Balaban J connectivity index is 1.47. The summed E-state index contributed by atoms with van der Waals surface area (Å²) in [5.41, 5.74) is 0.323. The number of piperazine rings is 1. The van der Waals surface area contributed by atoms with Gasteiger partial charge in [-0.25, -0.2) is 4.98 Å². The van der Waals surface area contributed by atoms with Crippen molar-refractivity contribution in [1.82, 2.24) is 9.88 Å². The minimum absolute atomic E-state index is 0.00521. The predicted octanol–water partition coefficient (Wildman–Crippen LogP) is 4.28. The molecule has 0 bridgehead atoms. The predicted molar refractivity (Wildman–Crippen MR) is 99.2 cm³/mol. The molecule has 1 aromatic heterocycles. The third-order valence-corrected chi connectivity index (χ3v) is 5.66. The number of alkyl halides is 3. The molecule has 1 aliphatic heterocycles. The number of hydrogen-bond acceptors (Lipinski definition) is 4. The molecule has 1 amide bonds. The molecule has 2 heterocycles. The summed E-state index contributed by atoms with van der Waals surface area (Å²) in [6.07, 6.45) is -4.37. The van der Waals surface area contributed by atoms with E-state index in [-0.39, 0.29) is 5.91 Å². The van der Waals surface area contributed by atoms with E-state index in [0.717, 1.165) is 16.8 Å². The van der Waals surface area contributed by atoms with Gasteiger partial charge >= 0.3 is 6.18 Å². The topological polar surface area (TPSA) is 36.4 Å². The number of benzene rings is 2. The van der Waals surface area contributed by atoms with Gasteiger partial charge in [0.25, 0.3) is 5.91 Å². The molecule has 1 fully saturated rings. The molecular weight excluding hydrogens is 375 g/mol. The lowest BCUT2D eigenvalue weighted by molar-refractivity contribution is -0.137. The van der Waals surface area contributed by atoms with Crippen LogP contribution in [0.3, 0.4) is 0 Å². The Labute approximate surface area is 157 Å². The molecule has 1 aliphatic rings. The van der Waals surface area contributed by atoms with Crippen LogP contribution in [0, 0.1) is 0 Å². The second-order valence-corrected chi connectivity index (χ2v) is 7.33. The zero-order chi connectivity index (χ0) is 19.0. The summed E-state index contributed by atoms with van der Waals surface area (Å²) in [7, 11) is 0. The van der Waals surface area contributed by atoms with Gasteiger partial charge in [0, 0.05) is 31.7 Å². The molecule has 1 saturated heterocycles. The largest absolute Gasteiger partial charge is 0.416 e. The zero-order valence-corrected chi connectivity index (χ0v) is 15.1. The third kappa shape index (κ3) is 3.62. The van der Waals surface area contributed by atoms with Crippen molar-refractivity contribution >= 4 is 32.6 Å². The lowest BCUT2D eigenvalue weighted by atomic mass is 10.2. The maximum Gasteiger partial charge on any atom is 0.416 e. The smallest absolute Gasteiger partial charge is 0.345 e. The van der Waals surface area contributed by atoms with Crippen molar-refractivity contribution in [2.75, 3.05) is 31.1 Å². The van der Waals surface area contributed by atoms with Crippen molar-refractivity contribution in [3.05, 3.63) is 59.7 Å². The van der Waals surface area contributed by atoms with Crippen molar-refractivity contribution in [2.24, 2.45) is 0 Å². The summed E-state index contributed by atoms with van der Waals surface area (Å²) in [5.74, 6) is -0.00521. The van der Waals surface area contributed by atoms with Gasteiger partial charge in [0.15, 0.2) is 5.13 Å². The zero-order valence-electron chi connectivity index (χ0n) is 14.2. The van der Waals surface area contributed by atoms with Crippen LogP contribution in [0.4, 0.5) is 18.3 Å². The number of thiazole rings is 1. The second-order valence-electron chi connectivity index (χ2n) is 6.32. The molecule has 140 valence electrons. The monoisotopic (exact) mass is 391 g/mol. The van der Waals surface area contributed by atoms with E-state index in [0.29, 0.717) is 42.4 Å². The minimum atomic E-state index is -4.37. The molecule has 0 spiro atoms. The Hall–Kier alpha value is -2.61. The molecule has 4 rings (SSSR count). The van der Waals surface area contributed by atoms with Crippen molar-refractivity contribution in [3.63, 3.8) is 0 Å². The van der Waals surface area contributed by atoms with Crippen molar-refractivity contribution < 1.29 is 18.0 Å². The van der Waals surface area contributed by atoms with E-state index in [9.17, 15) is 18.0 Å². The molecule has 3 aromatic rings. The number of fused-ring (bicyclic) bond motifs is 1. The summed E-state index contributed by atoms with van der Waals surface area (Å²) in [4.78, 5) is 20.7. The summed E-state index contributed by atoms with van der Waals surface area (Å²) in [6, 6.07) is 12.8. The van der Waals surface area contributed by atoms with Crippen molar-refractivity contribution in [2.45, 2.75) is 6.18 Å². The van der Waals surface area contributed by atoms with Crippen LogP contribution in [0.15, 0.2) is 48.5 Å². The number of nitrogens with zero attached hydrogens (tertiary/aromatic N) is 3. The van der Waals surface area contributed by atoms with Gasteiger partial charge in [0.05, 0.1) is 15.8 Å². The molecule has 0 radical (unpaired) electrons. The molecule has 2 aromatic carbocycles. The van der Waals surface area contributed by atoms with Gasteiger partial charge in [-0.05, 0) is 30.3 Å². The molecule has 8 heteroatoms. The summed E-state index contributed by atoms with van der Waals surface area (Å²) in [6.45, 7) is 2.31. The highest BCUT2D eigenvalue weighted by Crippen LogP contribution is 2.35. The molecule has 0 saturated carbocycles. The highest BCUT2D eigenvalue weighted by Gasteiger charge is 2.31. The minimum Gasteiger partial charge on any atom is -0.345 e. The first kappa shape index (κ1) is 17.8. The molecule has 0 aliphatic carbocycles. The van der Waals surface area contributed by atoms with E-state index in [1.165, 1.54) is 17.4 Å².